The fourth-order valence-corrected chi connectivity index (χ4v) is 10.2. The first kappa shape index (κ1) is 54.9. The third-order valence-corrected chi connectivity index (χ3v) is 14.6. The van der Waals surface area contributed by atoms with E-state index in [0.717, 1.165) is 59.7 Å². The van der Waals surface area contributed by atoms with E-state index in [4.69, 9.17) is 23.9 Å². The van der Waals surface area contributed by atoms with Crippen LogP contribution in [0.15, 0.2) is 104 Å². The highest BCUT2D eigenvalue weighted by molar-refractivity contribution is 7.98. The molecule has 2 N–H and O–H groups in total. The van der Waals surface area contributed by atoms with Crippen molar-refractivity contribution in [1.29, 1.82) is 0 Å². The van der Waals surface area contributed by atoms with Crippen LogP contribution in [0.3, 0.4) is 0 Å². The van der Waals surface area contributed by atoms with E-state index in [1.54, 1.807) is 48.2 Å². The van der Waals surface area contributed by atoms with Gasteiger partial charge in [-0.15, -0.1) is 22.7 Å². The lowest BCUT2D eigenvalue weighted by atomic mass is 10.1. The average Bonchev–Trinajstić information content (AvgIpc) is 4.19. The van der Waals surface area contributed by atoms with E-state index in [1.165, 1.54) is 61.2 Å². The van der Waals surface area contributed by atoms with Crippen LogP contribution in [0, 0.1) is 0 Å². The minimum absolute atomic E-state index is 0.0246. The Hall–Kier alpha value is -6.90. The van der Waals surface area contributed by atoms with Gasteiger partial charge in [-0.3, -0.25) is 19.0 Å². The number of rotatable bonds is 20. The van der Waals surface area contributed by atoms with E-state index in [2.05, 4.69) is 34.3 Å². The van der Waals surface area contributed by atoms with Gasteiger partial charge in [0.2, 0.25) is 0 Å². The number of ether oxygens (including phenoxy) is 4. The molecule has 16 nitrogen and oxygen atoms in total. The zero-order chi connectivity index (χ0) is 53.2. The van der Waals surface area contributed by atoms with Crippen LogP contribution in [0.2, 0.25) is 0 Å². The topological polar surface area (TPSA) is 215 Å². The second-order valence-corrected chi connectivity index (χ2v) is 21.4. The molecule has 0 amide bonds. The van der Waals surface area contributed by atoms with Gasteiger partial charge in [-0.05, 0) is 86.2 Å². The molecule has 0 aliphatic heterocycles. The number of nitrogens with one attached hydrogen (secondary N) is 2. The van der Waals surface area contributed by atoms with Crippen LogP contribution in [0.1, 0.15) is 45.1 Å². The van der Waals surface area contributed by atoms with Crippen LogP contribution in [-0.4, -0.2) is 76.9 Å². The van der Waals surface area contributed by atoms with Crippen LogP contribution in [0.5, 0.6) is 23.0 Å². The summed E-state index contributed by atoms with van der Waals surface area (Å²) in [7, 11) is -0.235. The first-order valence-electron chi connectivity index (χ1n) is 21.9. The Morgan fingerprint density at radius 1 is 0.635 bits per heavy atom. The number of hydrogen-bond acceptors (Lipinski definition) is 17. The SMILES string of the molecule is COc1cc(OCc2sc(-c3ccc(C(F)(F)F)cc3)nc2CCCS(C)(=O)=O)ccc1-c1noc(=O)[nH]1.COc1cc(OCc2sc(-c3ccc(C(F)(F)F)cc3)nc2CCCSC)ccc1-c1noc(=O)[nH]1. The number of nitrogens with zero attached hydrogens (tertiary/aromatic N) is 4. The number of aromatic nitrogens is 6. The summed E-state index contributed by atoms with van der Waals surface area (Å²) < 4.78 is 133. The lowest BCUT2D eigenvalue weighted by Crippen LogP contribution is -2.05. The molecule has 74 heavy (non-hydrogen) atoms. The first-order chi connectivity index (χ1) is 35.2. The molecule has 8 aromatic rings. The molecule has 26 heteroatoms. The summed E-state index contributed by atoms with van der Waals surface area (Å²) in [5, 5.41) is 8.47. The van der Waals surface area contributed by atoms with Crippen molar-refractivity contribution >= 4 is 44.3 Å². The van der Waals surface area contributed by atoms with E-state index in [1.807, 2.05) is 6.26 Å². The fourth-order valence-electron chi connectivity index (χ4n) is 7.02. The molecule has 0 aliphatic carbocycles. The second kappa shape index (κ2) is 24.0. The summed E-state index contributed by atoms with van der Waals surface area (Å²) >= 11 is 4.39. The van der Waals surface area contributed by atoms with E-state index >= 15 is 0 Å². The lowest BCUT2D eigenvalue weighted by molar-refractivity contribution is -0.138. The molecule has 0 atom stereocenters. The van der Waals surface area contributed by atoms with E-state index < -0.39 is 44.8 Å². The van der Waals surface area contributed by atoms with Crippen LogP contribution in [-0.2, 0) is 48.2 Å². The van der Waals surface area contributed by atoms with Crippen LogP contribution >= 0.6 is 34.4 Å². The fraction of sp³-hybridized carbons (Fsp3) is 0.292. The van der Waals surface area contributed by atoms with Gasteiger partial charge in [-0.1, -0.05) is 34.6 Å². The average molecular weight is 1110 g/mol. The number of benzene rings is 4. The molecule has 4 aromatic heterocycles. The Morgan fingerprint density at radius 2 is 1.05 bits per heavy atom. The Morgan fingerprint density at radius 3 is 1.41 bits per heavy atom. The quantitative estimate of drug-likeness (QED) is 0.0536. The number of H-pyrrole nitrogens is 2. The minimum Gasteiger partial charge on any atom is -0.496 e. The standard InChI is InChI=1S/C24H22F3N3O6S2.C24H22F3N3O4S2/c1-34-19-12-16(9-10-17(19)21-29-23(31)36-30-21)35-13-20-18(4-3-11-38(2,32)33)28-22(37-20)14-5-7-15(8-6-14)24(25,26)27;1-32-19-12-16(9-10-17(19)21-29-23(31)34-30-21)33-13-20-18(4-3-11-35-2)28-22(36-20)14-5-7-15(8-6-14)24(25,26)27/h5-10,12H,3-4,11,13H2,1-2H3,(H,29,30,31);5-10,12H,3-4,11,13H2,1-2H3,(H,29,30,31). The maximum absolute atomic E-state index is 13.0. The van der Waals surface area contributed by atoms with Crippen LogP contribution in [0.25, 0.3) is 43.9 Å². The van der Waals surface area contributed by atoms with Crippen molar-refractivity contribution in [2.24, 2.45) is 0 Å². The number of aromatic amines is 2. The first-order valence-corrected chi connectivity index (χ1v) is 27.0. The summed E-state index contributed by atoms with van der Waals surface area (Å²) in [5.74, 6) is 1.76. The molecule has 0 bridgehead atoms. The van der Waals surface area contributed by atoms with Crippen LogP contribution in [0.4, 0.5) is 26.3 Å². The highest BCUT2D eigenvalue weighted by Gasteiger charge is 2.31. The van der Waals surface area contributed by atoms with Gasteiger partial charge >= 0.3 is 23.9 Å². The Balaban J connectivity index is 0.000000217. The highest BCUT2D eigenvalue weighted by atomic mass is 32.2. The summed E-state index contributed by atoms with van der Waals surface area (Å²) in [4.78, 5) is 38.4. The van der Waals surface area contributed by atoms with Gasteiger partial charge in [0.05, 0.1) is 63.4 Å². The number of aryl methyl sites for hydroxylation is 2. The van der Waals surface area contributed by atoms with Gasteiger partial charge in [0, 0.05) is 29.5 Å². The number of thiazole rings is 2. The summed E-state index contributed by atoms with van der Waals surface area (Å²) in [5.41, 5.74) is 2.17. The predicted octanol–water partition coefficient (Wildman–Crippen LogP) is 10.8. The zero-order valence-electron chi connectivity index (χ0n) is 39.5. The second-order valence-electron chi connectivity index (χ2n) is 15.9. The third-order valence-electron chi connectivity index (χ3n) is 10.6. The molecular formula is C48H44F6N6O10S4. The molecule has 0 saturated carbocycles. The van der Waals surface area contributed by atoms with E-state index in [9.17, 15) is 44.3 Å². The molecule has 0 aliphatic rings. The van der Waals surface area contributed by atoms with Crippen molar-refractivity contribution < 1.29 is 62.8 Å². The molecule has 0 saturated heterocycles. The van der Waals surface area contributed by atoms with Gasteiger partial charge in [-0.2, -0.15) is 38.1 Å². The molecule has 8 rings (SSSR count). The van der Waals surface area contributed by atoms with Crippen molar-refractivity contribution in [3.05, 3.63) is 138 Å². The summed E-state index contributed by atoms with van der Waals surface area (Å²) in [6, 6.07) is 19.7. The number of sulfone groups is 1. The minimum atomic E-state index is -4.45. The number of alkyl halides is 6. The molecule has 0 spiro atoms. The summed E-state index contributed by atoms with van der Waals surface area (Å²) in [6.07, 6.45) is -3.31. The third kappa shape index (κ3) is 14.7. The van der Waals surface area contributed by atoms with Crippen molar-refractivity contribution in [3.63, 3.8) is 0 Å². The van der Waals surface area contributed by atoms with Gasteiger partial charge in [-0.25, -0.2) is 28.0 Å². The van der Waals surface area contributed by atoms with Crippen LogP contribution < -0.4 is 30.5 Å². The maximum Gasteiger partial charge on any atom is 0.439 e. The van der Waals surface area contributed by atoms with Crippen molar-refractivity contribution in [3.8, 4) is 66.9 Å². The largest absolute Gasteiger partial charge is 0.496 e. The molecule has 4 heterocycles. The van der Waals surface area contributed by atoms with E-state index in [0.29, 0.717) is 78.7 Å². The highest BCUT2D eigenvalue weighted by Crippen LogP contribution is 2.38. The smallest absolute Gasteiger partial charge is 0.439 e. The molecule has 0 radical (unpaired) electrons. The predicted molar refractivity (Wildman–Crippen MR) is 267 cm³/mol. The maximum atomic E-state index is 13.0. The molecule has 392 valence electrons. The van der Waals surface area contributed by atoms with Crippen molar-refractivity contribution in [2.45, 2.75) is 51.2 Å². The Kier molecular flexibility index (Phi) is 17.8. The molecule has 0 fully saturated rings. The van der Waals surface area contributed by atoms with Gasteiger partial charge < -0.3 is 18.9 Å². The monoisotopic (exact) mass is 1110 g/mol. The van der Waals surface area contributed by atoms with Crippen molar-refractivity contribution in [2.75, 3.05) is 38.2 Å². The molecule has 0 unspecified atom stereocenters. The van der Waals surface area contributed by atoms with Gasteiger partial charge in [0.1, 0.15) is 56.1 Å². The number of hydrogen-bond donors (Lipinski definition) is 2. The van der Waals surface area contributed by atoms with Gasteiger partial charge in [0.15, 0.2) is 11.6 Å². The number of methoxy groups -OCH3 is 2. The zero-order valence-corrected chi connectivity index (χ0v) is 42.8. The van der Waals surface area contributed by atoms with E-state index in [-0.39, 0.29) is 30.6 Å². The molecule has 4 aromatic carbocycles. The summed E-state index contributed by atoms with van der Waals surface area (Å²) in [6.45, 7) is 0.312. The number of thioether (sulfide) groups is 1. The Bertz CT molecular complexity index is 3390. The normalized spacial score (nSPS) is 11.8. The van der Waals surface area contributed by atoms with Crippen molar-refractivity contribution in [1.82, 2.24) is 30.2 Å². The molecular weight excluding hydrogens is 1060 g/mol. The number of halogens is 6. The lowest BCUT2D eigenvalue weighted by Gasteiger charge is -2.10. The van der Waals surface area contributed by atoms with Gasteiger partial charge in [0.25, 0.3) is 0 Å². The Labute approximate surface area is 430 Å².